The molecule has 1 aromatic rings. The molecule has 1 aliphatic heterocycles. The molecule has 0 aliphatic carbocycles. The first-order chi connectivity index (χ1) is 7.75. The third kappa shape index (κ3) is 2.82. The summed E-state index contributed by atoms with van der Waals surface area (Å²) in [7, 11) is 0. The molecular formula is C10H13ClN4O. The van der Waals surface area contributed by atoms with E-state index in [1.165, 1.54) is 0 Å². The van der Waals surface area contributed by atoms with Crippen LogP contribution in [0.5, 0.6) is 0 Å². The number of hydrogen-bond donors (Lipinski definition) is 1. The lowest BCUT2D eigenvalue weighted by Gasteiger charge is -2.15. The van der Waals surface area contributed by atoms with E-state index in [1.807, 2.05) is 4.90 Å². The maximum absolute atomic E-state index is 11.7. The van der Waals surface area contributed by atoms with Gasteiger partial charge < -0.3 is 10.2 Å². The Kier molecular flexibility index (Phi) is 3.56. The molecule has 1 aromatic heterocycles. The van der Waals surface area contributed by atoms with Crippen LogP contribution in [-0.4, -0.2) is 40.6 Å². The Morgan fingerprint density at radius 3 is 2.75 bits per heavy atom. The fourth-order valence-electron chi connectivity index (χ4n) is 1.65. The summed E-state index contributed by atoms with van der Waals surface area (Å²) in [6.45, 7) is 2.00. The second kappa shape index (κ2) is 5.12. The van der Waals surface area contributed by atoms with Crippen LogP contribution >= 0.6 is 11.6 Å². The van der Waals surface area contributed by atoms with Crippen molar-refractivity contribution in [2.24, 2.45) is 0 Å². The van der Waals surface area contributed by atoms with Crippen molar-refractivity contribution in [3.05, 3.63) is 17.3 Å². The van der Waals surface area contributed by atoms with E-state index in [9.17, 15) is 4.79 Å². The van der Waals surface area contributed by atoms with Gasteiger partial charge in [-0.25, -0.2) is 0 Å². The van der Waals surface area contributed by atoms with Crippen molar-refractivity contribution in [2.45, 2.75) is 12.8 Å². The van der Waals surface area contributed by atoms with Gasteiger partial charge in [0.2, 0.25) is 5.91 Å². The summed E-state index contributed by atoms with van der Waals surface area (Å²) in [5, 5.41) is 10.8. The molecule has 0 unspecified atom stereocenters. The van der Waals surface area contributed by atoms with Crippen molar-refractivity contribution in [1.29, 1.82) is 0 Å². The zero-order chi connectivity index (χ0) is 11.4. The topological polar surface area (TPSA) is 58.1 Å². The van der Waals surface area contributed by atoms with E-state index >= 15 is 0 Å². The number of likely N-dealkylation sites (tertiary alicyclic amines) is 1. The predicted molar refractivity (Wildman–Crippen MR) is 61.3 cm³/mol. The van der Waals surface area contributed by atoms with E-state index in [0.717, 1.165) is 25.9 Å². The first-order valence-corrected chi connectivity index (χ1v) is 5.64. The zero-order valence-corrected chi connectivity index (χ0v) is 9.57. The number of anilines is 1. The maximum atomic E-state index is 11.7. The third-order valence-electron chi connectivity index (χ3n) is 2.51. The van der Waals surface area contributed by atoms with E-state index in [4.69, 9.17) is 11.6 Å². The Balaban J connectivity index is 1.82. The SMILES string of the molecule is O=C(CNc1ccc(Cl)nn1)N1CCCC1. The minimum Gasteiger partial charge on any atom is -0.360 e. The van der Waals surface area contributed by atoms with Crippen molar-refractivity contribution in [2.75, 3.05) is 25.0 Å². The molecule has 0 saturated carbocycles. The average Bonchev–Trinajstić information content (AvgIpc) is 2.81. The van der Waals surface area contributed by atoms with Crippen LogP contribution in [0.25, 0.3) is 0 Å². The molecule has 16 heavy (non-hydrogen) atoms. The van der Waals surface area contributed by atoms with E-state index < -0.39 is 0 Å². The number of carbonyl (C=O) groups excluding carboxylic acids is 1. The number of nitrogens with zero attached hydrogens (tertiary/aromatic N) is 3. The number of rotatable bonds is 3. The number of halogens is 1. The minimum atomic E-state index is 0.106. The van der Waals surface area contributed by atoms with Gasteiger partial charge in [-0.15, -0.1) is 10.2 Å². The molecule has 5 nitrogen and oxygen atoms in total. The molecule has 86 valence electrons. The Hall–Kier alpha value is -1.36. The van der Waals surface area contributed by atoms with Crippen LogP contribution in [0.15, 0.2) is 12.1 Å². The van der Waals surface area contributed by atoms with Gasteiger partial charge in [0.25, 0.3) is 0 Å². The Labute approximate surface area is 98.8 Å². The second-order valence-electron chi connectivity index (χ2n) is 3.68. The molecule has 1 fully saturated rings. The number of nitrogens with one attached hydrogen (secondary N) is 1. The van der Waals surface area contributed by atoms with Crippen LogP contribution in [0.2, 0.25) is 5.15 Å². The summed E-state index contributed by atoms with van der Waals surface area (Å²) in [6, 6.07) is 3.34. The molecule has 0 radical (unpaired) electrons. The molecule has 2 rings (SSSR count). The number of hydrogen-bond acceptors (Lipinski definition) is 4. The molecule has 6 heteroatoms. The van der Waals surface area contributed by atoms with Crippen LogP contribution in [0, 0.1) is 0 Å². The van der Waals surface area contributed by atoms with Gasteiger partial charge in [0.05, 0.1) is 6.54 Å². The highest BCUT2D eigenvalue weighted by atomic mass is 35.5. The fraction of sp³-hybridized carbons (Fsp3) is 0.500. The maximum Gasteiger partial charge on any atom is 0.241 e. The van der Waals surface area contributed by atoms with Gasteiger partial charge in [-0.2, -0.15) is 0 Å². The number of amides is 1. The van der Waals surface area contributed by atoms with Crippen LogP contribution < -0.4 is 5.32 Å². The normalized spacial score (nSPS) is 15.2. The van der Waals surface area contributed by atoms with Gasteiger partial charge >= 0.3 is 0 Å². The molecule has 1 aliphatic rings. The lowest BCUT2D eigenvalue weighted by atomic mass is 10.4. The standard InChI is InChI=1S/C10H13ClN4O/c11-8-3-4-9(14-13-8)12-7-10(16)15-5-1-2-6-15/h3-4H,1-2,5-7H2,(H,12,14). The highest BCUT2D eigenvalue weighted by molar-refractivity contribution is 6.29. The van der Waals surface area contributed by atoms with Crippen LogP contribution in [-0.2, 0) is 4.79 Å². The zero-order valence-electron chi connectivity index (χ0n) is 8.82. The van der Waals surface area contributed by atoms with Crippen molar-refractivity contribution >= 4 is 23.3 Å². The van der Waals surface area contributed by atoms with Crippen LogP contribution in [0.4, 0.5) is 5.82 Å². The van der Waals surface area contributed by atoms with E-state index in [-0.39, 0.29) is 12.5 Å². The molecule has 2 heterocycles. The van der Waals surface area contributed by atoms with Gasteiger partial charge in [0.15, 0.2) is 5.15 Å². The van der Waals surface area contributed by atoms with Crippen molar-refractivity contribution in [3.63, 3.8) is 0 Å². The molecule has 1 amide bonds. The van der Waals surface area contributed by atoms with E-state index in [0.29, 0.717) is 11.0 Å². The smallest absolute Gasteiger partial charge is 0.241 e. The van der Waals surface area contributed by atoms with Crippen molar-refractivity contribution in [3.8, 4) is 0 Å². The molecule has 0 aromatic carbocycles. The second-order valence-corrected chi connectivity index (χ2v) is 4.07. The minimum absolute atomic E-state index is 0.106. The molecule has 0 spiro atoms. The first-order valence-electron chi connectivity index (χ1n) is 5.26. The average molecular weight is 241 g/mol. The summed E-state index contributed by atoms with van der Waals surface area (Å²) >= 11 is 5.60. The van der Waals surface area contributed by atoms with Gasteiger partial charge in [0.1, 0.15) is 5.82 Å². The Morgan fingerprint density at radius 1 is 1.38 bits per heavy atom. The third-order valence-corrected chi connectivity index (χ3v) is 2.71. The van der Waals surface area contributed by atoms with E-state index in [1.54, 1.807) is 12.1 Å². The molecule has 1 N–H and O–H groups in total. The van der Waals surface area contributed by atoms with Crippen LogP contribution in [0.1, 0.15) is 12.8 Å². The van der Waals surface area contributed by atoms with Crippen molar-refractivity contribution < 1.29 is 4.79 Å². The fourth-order valence-corrected chi connectivity index (χ4v) is 1.76. The summed E-state index contributed by atoms with van der Waals surface area (Å²) in [5.74, 6) is 0.672. The van der Waals surface area contributed by atoms with Crippen molar-refractivity contribution in [1.82, 2.24) is 15.1 Å². The van der Waals surface area contributed by atoms with Gasteiger partial charge in [-0.05, 0) is 25.0 Å². The van der Waals surface area contributed by atoms with Gasteiger partial charge in [-0.3, -0.25) is 4.79 Å². The monoisotopic (exact) mass is 240 g/mol. The molecular weight excluding hydrogens is 228 g/mol. The number of carbonyl (C=O) groups is 1. The Morgan fingerprint density at radius 2 is 2.12 bits per heavy atom. The lowest BCUT2D eigenvalue weighted by molar-refractivity contribution is -0.128. The van der Waals surface area contributed by atoms with Crippen LogP contribution in [0.3, 0.4) is 0 Å². The van der Waals surface area contributed by atoms with Gasteiger partial charge in [0, 0.05) is 13.1 Å². The molecule has 0 atom stereocenters. The van der Waals surface area contributed by atoms with E-state index in [2.05, 4.69) is 15.5 Å². The predicted octanol–water partition coefficient (Wildman–Crippen LogP) is 1.16. The largest absolute Gasteiger partial charge is 0.360 e. The quantitative estimate of drug-likeness (QED) is 0.862. The summed E-state index contributed by atoms with van der Waals surface area (Å²) < 4.78 is 0. The highest BCUT2D eigenvalue weighted by Crippen LogP contribution is 2.09. The number of aromatic nitrogens is 2. The highest BCUT2D eigenvalue weighted by Gasteiger charge is 2.17. The molecule has 0 bridgehead atoms. The first kappa shape index (κ1) is 11.1. The summed E-state index contributed by atoms with van der Waals surface area (Å²) in [6.07, 6.45) is 2.21. The summed E-state index contributed by atoms with van der Waals surface area (Å²) in [4.78, 5) is 13.5. The Bertz CT molecular complexity index is 362. The molecule has 1 saturated heterocycles. The summed E-state index contributed by atoms with van der Waals surface area (Å²) in [5.41, 5.74) is 0. The lowest BCUT2D eigenvalue weighted by Crippen LogP contribution is -2.33. The van der Waals surface area contributed by atoms with Gasteiger partial charge in [-0.1, -0.05) is 11.6 Å².